The van der Waals surface area contributed by atoms with Gasteiger partial charge in [-0.15, -0.1) is 0 Å². The third-order valence-electron chi connectivity index (χ3n) is 8.67. The van der Waals surface area contributed by atoms with Crippen molar-refractivity contribution >= 4 is 22.4 Å². The number of rotatable bonds is 3. The minimum Gasteiger partial charge on any atom is -0.379 e. The Morgan fingerprint density at radius 2 is 1.83 bits per heavy atom. The van der Waals surface area contributed by atoms with E-state index < -0.39 is 0 Å². The van der Waals surface area contributed by atoms with Gasteiger partial charge in [0.2, 0.25) is 0 Å². The maximum Gasteiger partial charge on any atom is 0.197 e. The summed E-state index contributed by atoms with van der Waals surface area (Å²) in [7, 11) is 0. The molecule has 0 saturated carbocycles. The lowest BCUT2D eigenvalue weighted by atomic mass is 9.70. The van der Waals surface area contributed by atoms with Crippen molar-refractivity contribution in [3.05, 3.63) is 63.8 Å². The quantitative estimate of drug-likeness (QED) is 0.582. The summed E-state index contributed by atoms with van der Waals surface area (Å²) in [6, 6.07) is 12.8. The van der Waals surface area contributed by atoms with E-state index in [1.54, 1.807) is 0 Å². The number of ketones is 1. The van der Waals surface area contributed by atoms with E-state index in [2.05, 4.69) is 53.8 Å². The van der Waals surface area contributed by atoms with Crippen molar-refractivity contribution in [2.45, 2.75) is 51.5 Å². The molecule has 1 aliphatic carbocycles. The van der Waals surface area contributed by atoms with Crippen LogP contribution >= 0.6 is 0 Å². The number of benzene rings is 2. The maximum atomic E-state index is 14.3. The van der Waals surface area contributed by atoms with Crippen LogP contribution in [0.4, 0.5) is 5.69 Å². The number of aromatic amines is 1. The molecule has 0 radical (unpaired) electrons. The first-order valence-electron chi connectivity index (χ1n) is 13.3. The summed E-state index contributed by atoms with van der Waals surface area (Å²) in [5.41, 5.74) is 7.18. The monoisotopic (exact) mass is 482 g/mol. The van der Waals surface area contributed by atoms with E-state index >= 15 is 0 Å². The normalized spacial score (nSPS) is 20.3. The van der Waals surface area contributed by atoms with Gasteiger partial charge in [0.15, 0.2) is 5.78 Å². The zero-order valence-electron chi connectivity index (χ0n) is 21.5. The van der Waals surface area contributed by atoms with Gasteiger partial charge >= 0.3 is 0 Å². The van der Waals surface area contributed by atoms with Gasteiger partial charge in [-0.3, -0.25) is 9.69 Å². The minimum absolute atomic E-state index is 0.107. The fourth-order valence-electron chi connectivity index (χ4n) is 6.66. The van der Waals surface area contributed by atoms with Crippen LogP contribution in [0.15, 0.2) is 30.3 Å². The maximum absolute atomic E-state index is 14.3. The molecule has 36 heavy (non-hydrogen) atoms. The predicted octanol–water partition coefficient (Wildman–Crippen LogP) is 4.77. The molecule has 2 saturated heterocycles. The highest BCUT2D eigenvalue weighted by molar-refractivity contribution is 6.22. The number of hydrogen-bond acceptors (Lipinski definition) is 5. The Balaban J connectivity index is 1.43. The number of nitrogens with zero attached hydrogens (tertiary/aromatic N) is 3. The van der Waals surface area contributed by atoms with Crippen molar-refractivity contribution in [1.82, 2.24) is 9.88 Å². The molecule has 0 unspecified atom stereocenters. The number of aryl methyl sites for hydroxylation is 1. The molecular formula is C30H34N4O2. The molecule has 1 aromatic heterocycles. The average molecular weight is 483 g/mol. The molecule has 1 N–H and O–H groups in total. The average Bonchev–Trinajstić information content (AvgIpc) is 3.32. The van der Waals surface area contributed by atoms with Gasteiger partial charge in [0.1, 0.15) is 0 Å². The van der Waals surface area contributed by atoms with Gasteiger partial charge in [-0.25, -0.2) is 0 Å². The first-order chi connectivity index (χ1) is 17.4. The highest BCUT2D eigenvalue weighted by atomic mass is 16.5. The van der Waals surface area contributed by atoms with E-state index in [0.29, 0.717) is 11.6 Å². The number of H-pyrrole nitrogens is 1. The molecule has 0 spiro atoms. The van der Waals surface area contributed by atoms with Gasteiger partial charge in [-0.2, -0.15) is 5.26 Å². The molecule has 0 bridgehead atoms. The fourth-order valence-corrected chi connectivity index (χ4v) is 6.66. The molecule has 2 aromatic carbocycles. The first-order valence-corrected chi connectivity index (χ1v) is 13.3. The number of hydrogen-bond donors (Lipinski definition) is 1. The zero-order valence-corrected chi connectivity index (χ0v) is 21.5. The van der Waals surface area contributed by atoms with Gasteiger partial charge in [0, 0.05) is 54.2 Å². The number of nitrogens with one attached hydrogen (secondary N) is 1. The highest BCUT2D eigenvalue weighted by Crippen LogP contribution is 2.47. The minimum atomic E-state index is -0.350. The third-order valence-corrected chi connectivity index (χ3v) is 8.67. The molecule has 6 rings (SSSR count). The van der Waals surface area contributed by atoms with Crippen molar-refractivity contribution in [3.8, 4) is 6.07 Å². The largest absolute Gasteiger partial charge is 0.379 e. The Bertz CT molecular complexity index is 1380. The second-order valence-corrected chi connectivity index (χ2v) is 10.9. The number of carbonyl (C=O) groups excluding carboxylic acids is 1. The summed E-state index contributed by atoms with van der Waals surface area (Å²) in [6.07, 6.45) is 3.12. The molecule has 3 aliphatic rings. The van der Waals surface area contributed by atoms with Crippen LogP contribution in [0, 0.1) is 11.3 Å². The molecule has 0 amide bonds. The lowest BCUT2D eigenvalue weighted by Gasteiger charge is -2.43. The summed E-state index contributed by atoms with van der Waals surface area (Å²) >= 11 is 0. The van der Waals surface area contributed by atoms with Gasteiger partial charge in [-0.1, -0.05) is 39.0 Å². The zero-order chi connectivity index (χ0) is 25.0. The molecular weight excluding hydrogens is 448 g/mol. The van der Waals surface area contributed by atoms with Gasteiger partial charge in [-0.05, 0) is 42.5 Å². The number of aromatic nitrogens is 1. The van der Waals surface area contributed by atoms with Crippen LogP contribution in [0.2, 0.25) is 0 Å². The number of piperidine rings is 1. The Hall–Kier alpha value is -3.14. The van der Waals surface area contributed by atoms with E-state index in [1.807, 2.05) is 18.2 Å². The number of ether oxygens (including phenoxy) is 1. The van der Waals surface area contributed by atoms with Gasteiger partial charge in [0.05, 0.1) is 41.7 Å². The number of carbonyl (C=O) groups is 1. The molecule has 3 heterocycles. The van der Waals surface area contributed by atoms with Crippen molar-refractivity contribution in [2.24, 2.45) is 0 Å². The summed E-state index contributed by atoms with van der Waals surface area (Å²) < 4.78 is 5.56. The number of morpholine rings is 1. The molecule has 2 aliphatic heterocycles. The molecule has 2 fully saturated rings. The van der Waals surface area contributed by atoms with Crippen LogP contribution in [0.25, 0.3) is 10.9 Å². The lowest BCUT2D eigenvalue weighted by Crippen LogP contribution is -2.49. The summed E-state index contributed by atoms with van der Waals surface area (Å²) in [6.45, 7) is 12.2. The van der Waals surface area contributed by atoms with E-state index in [4.69, 9.17) is 4.74 Å². The number of fused-ring (bicyclic) bond motifs is 4. The van der Waals surface area contributed by atoms with Crippen molar-refractivity contribution in [3.63, 3.8) is 0 Å². The number of nitriles is 1. The fraction of sp³-hybridized carbons (Fsp3) is 0.467. The van der Waals surface area contributed by atoms with E-state index in [1.165, 1.54) is 5.56 Å². The van der Waals surface area contributed by atoms with E-state index in [9.17, 15) is 10.1 Å². The molecule has 3 aromatic rings. The second kappa shape index (κ2) is 8.76. The molecule has 186 valence electrons. The Kier molecular flexibility index (Phi) is 5.66. The first kappa shape index (κ1) is 23.3. The summed E-state index contributed by atoms with van der Waals surface area (Å²) in [5.74, 6) is 0.107. The topological polar surface area (TPSA) is 72.4 Å². The van der Waals surface area contributed by atoms with Crippen molar-refractivity contribution in [1.29, 1.82) is 5.26 Å². The second-order valence-electron chi connectivity index (χ2n) is 10.9. The van der Waals surface area contributed by atoms with Crippen LogP contribution in [0.3, 0.4) is 0 Å². The summed E-state index contributed by atoms with van der Waals surface area (Å²) in [5, 5.41) is 10.3. The van der Waals surface area contributed by atoms with E-state index in [-0.39, 0.29) is 11.2 Å². The Morgan fingerprint density at radius 1 is 1.08 bits per heavy atom. The molecule has 6 nitrogen and oxygen atoms in total. The molecule has 0 atom stereocenters. The Morgan fingerprint density at radius 3 is 2.53 bits per heavy atom. The smallest absolute Gasteiger partial charge is 0.197 e. The Labute approximate surface area is 212 Å². The van der Waals surface area contributed by atoms with Crippen LogP contribution in [-0.2, 0) is 16.6 Å². The van der Waals surface area contributed by atoms with Crippen LogP contribution in [0.5, 0.6) is 0 Å². The van der Waals surface area contributed by atoms with Crippen LogP contribution in [-0.4, -0.2) is 61.1 Å². The molecule has 6 heteroatoms. The summed E-state index contributed by atoms with van der Waals surface area (Å²) in [4.78, 5) is 22.9. The lowest BCUT2D eigenvalue weighted by molar-refractivity contribution is 0.0115. The SMILES string of the molecule is CCc1ccc2c(c1N1CCC(N3CCOCC3)CC1)C(=O)c1c([nH]c3cc(C#N)ccc13)C2(C)C. The number of anilines is 1. The van der Waals surface area contributed by atoms with Crippen molar-refractivity contribution in [2.75, 3.05) is 44.3 Å². The highest BCUT2D eigenvalue weighted by Gasteiger charge is 2.42. The predicted molar refractivity (Wildman–Crippen MR) is 142 cm³/mol. The van der Waals surface area contributed by atoms with E-state index in [0.717, 1.165) is 97.6 Å². The van der Waals surface area contributed by atoms with Crippen molar-refractivity contribution < 1.29 is 9.53 Å². The van der Waals surface area contributed by atoms with Crippen LogP contribution in [0.1, 0.15) is 71.9 Å². The standard InChI is InChI=1S/C30H34N4O2/c1-4-20-6-8-23-26(27(20)34-11-9-21(10-12-34)33-13-15-36-16-14-33)28(35)25-22-7-5-19(18-31)17-24(22)32-29(25)30(23,2)3/h5-8,17,21,32H,4,9-16H2,1-3H3. The third kappa shape index (κ3) is 3.48. The van der Waals surface area contributed by atoms with Gasteiger partial charge in [0.25, 0.3) is 0 Å². The van der Waals surface area contributed by atoms with Crippen LogP contribution < -0.4 is 4.90 Å². The van der Waals surface area contributed by atoms with Gasteiger partial charge < -0.3 is 14.6 Å².